The Kier molecular flexibility index (Phi) is 3.81. The smallest absolute Gasteiger partial charge is 0.323 e. The van der Waals surface area contributed by atoms with Gasteiger partial charge in [-0.2, -0.15) is 0 Å². The lowest BCUT2D eigenvalue weighted by Gasteiger charge is -2.19. The number of methoxy groups -OCH3 is 2. The van der Waals surface area contributed by atoms with Gasteiger partial charge >= 0.3 is 5.97 Å². The second kappa shape index (κ2) is 5.66. The molecule has 1 aromatic carbocycles. The molecule has 0 spiro atoms. The molecule has 0 radical (unpaired) electrons. The molecule has 1 N–H and O–H groups in total. The van der Waals surface area contributed by atoms with Gasteiger partial charge in [-0.25, -0.2) is 0 Å². The van der Waals surface area contributed by atoms with Crippen LogP contribution in [0.3, 0.4) is 0 Å². The van der Waals surface area contributed by atoms with Crippen molar-refractivity contribution >= 4 is 17.8 Å². The monoisotopic (exact) mass is 318 g/mol. The average molecular weight is 318 g/mol. The van der Waals surface area contributed by atoms with Crippen LogP contribution in [0.4, 0.5) is 0 Å². The van der Waals surface area contributed by atoms with Gasteiger partial charge in [0, 0.05) is 13.1 Å². The predicted molar refractivity (Wildman–Crippen MR) is 79.4 cm³/mol. The number of rotatable bonds is 3. The van der Waals surface area contributed by atoms with Crippen LogP contribution < -0.4 is 10.1 Å². The average Bonchev–Trinajstić information content (AvgIpc) is 3.08. The van der Waals surface area contributed by atoms with Crippen LogP contribution in [-0.4, -0.2) is 50.0 Å². The largest absolute Gasteiger partial charge is 0.497 e. The molecule has 2 aliphatic heterocycles. The maximum Gasteiger partial charge on any atom is 0.323 e. The van der Waals surface area contributed by atoms with E-state index in [0.29, 0.717) is 5.75 Å². The zero-order valence-electron chi connectivity index (χ0n) is 13.1. The lowest BCUT2D eigenvalue weighted by atomic mass is 9.86. The minimum Gasteiger partial charge on any atom is -0.497 e. The lowest BCUT2D eigenvalue weighted by Crippen LogP contribution is -2.42. The maximum atomic E-state index is 12.4. The van der Waals surface area contributed by atoms with Crippen molar-refractivity contribution in [2.24, 2.45) is 11.8 Å². The molecule has 3 rings (SSSR count). The molecule has 2 aliphatic rings. The van der Waals surface area contributed by atoms with Gasteiger partial charge in [-0.05, 0) is 17.7 Å². The summed E-state index contributed by atoms with van der Waals surface area (Å²) in [6.07, 6.45) is 0. The van der Waals surface area contributed by atoms with Crippen LogP contribution in [0.15, 0.2) is 24.3 Å². The molecule has 2 fully saturated rings. The van der Waals surface area contributed by atoms with Gasteiger partial charge in [-0.15, -0.1) is 0 Å². The minimum atomic E-state index is -0.821. The number of amides is 2. The Morgan fingerprint density at radius 2 is 1.70 bits per heavy atom. The third kappa shape index (κ3) is 2.28. The van der Waals surface area contributed by atoms with E-state index in [9.17, 15) is 14.4 Å². The number of hydrogen-bond acceptors (Lipinski definition) is 6. The van der Waals surface area contributed by atoms with E-state index >= 15 is 0 Å². The fourth-order valence-corrected chi connectivity index (χ4v) is 3.42. The number of esters is 1. The van der Waals surface area contributed by atoms with Crippen molar-refractivity contribution in [3.05, 3.63) is 29.8 Å². The minimum absolute atomic E-state index is 0.278. The molecule has 0 bridgehead atoms. The quantitative estimate of drug-likeness (QED) is 0.629. The Morgan fingerprint density at radius 3 is 2.26 bits per heavy atom. The molecule has 0 saturated carbocycles. The molecule has 4 atom stereocenters. The van der Waals surface area contributed by atoms with Crippen LogP contribution in [0, 0.1) is 11.8 Å². The van der Waals surface area contributed by atoms with Crippen molar-refractivity contribution < 1.29 is 23.9 Å². The highest BCUT2D eigenvalue weighted by atomic mass is 16.5. The molecule has 2 unspecified atom stereocenters. The van der Waals surface area contributed by atoms with E-state index < -0.39 is 29.9 Å². The molecule has 7 heteroatoms. The topological polar surface area (TPSA) is 84.9 Å². The second-order valence-corrected chi connectivity index (χ2v) is 5.71. The van der Waals surface area contributed by atoms with E-state index in [4.69, 9.17) is 9.47 Å². The first-order valence-electron chi connectivity index (χ1n) is 7.28. The fraction of sp³-hybridized carbons (Fsp3) is 0.438. The maximum absolute atomic E-state index is 12.4. The van der Waals surface area contributed by atoms with Crippen molar-refractivity contribution in [1.82, 2.24) is 10.2 Å². The van der Waals surface area contributed by atoms with Crippen LogP contribution in [-0.2, 0) is 19.1 Å². The number of carbonyl (C=O) groups excluding carboxylic acids is 3. The van der Waals surface area contributed by atoms with Gasteiger partial charge in [-0.3, -0.25) is 24.6 Å². The first-order valence-corrected chi connectivity index (χ1v) is 7.28. The summed E-state index contributed by atoms with van der Waals surface area (Å²) < 4.78 is 9.91. The van der Waals surface area contributed by atoms with Gasteiger partial charge < -0.3 is 9.47 Å². The summed E-state index contributed by atoms with van der Waals surface area (Å²) in [4.78, 5) is 37.9. The highest BCUT2D eigenvalue weighted by Gasteiger charge is 2.60. The number of nitrogens with one attached hydrogen (secondary N) is 1. The molecule has 0 aliphatic carbocycles. The summed E-state index contributed by atoms with van der Waals surface area (Å²) >= 11 is 0. The van der Waals surface area contributed by atoms with Crippen LogP contribution >= 0.6 is 0 Å². The summed E-state index contributed by atoms with van der Waals surface area (Å²) in [7, 11) is 4.29. The fourth-order valence-electron chi connectivity index (χ4n) is 3.42. The molecule has 23 heavy (non-hydrogen) atoms. The van der Waals surface area contributed by atoms with Crippen molar-refractivity contribution in [3.63, 3.8) is 0 Å². The third-order valence-electron chi connectivity index (χ3n) is 4.63. The van der Waals surface area contributed by atoms with Crippen LogP contribution in [0.25, 0.3) is 0 Å². The summed E-state index contributed by atoms with van der Waals surface area (Å²) in [5, 5.41) is 3.10. The second-order valence-electron chi connectivity index (χ2n) is 5.71. The molecule has 0 aromatic heterocycles. The number of carbonyl (C=O) groups is 3. The Balaban J connectivity index is 1.98. The Hall–Kier alpha value is -2.41. The number of likely N-dealkylation sites (tertiary alicyclic amines) is 1. The third-order valence-corrected chi connectivity index (χ3v) is 4.63. The summed E-state index contributed by atoms with van der Waals surface area (Å²) in [6.45, 7) is 0. The molecule has 2 amide bonds. The zero-order chi connectivity index (χ0) is 16.7. The molecule has 2 saturated heterocycles. The first kappa shape index (κ1) is 15.5. The van der Waals surface area contributed by atoms with Crippen LogP contribution in [0.5, 0.6) is 5.75 Å². The van der Waals surface area contributed by atoms with Gasteiger partial charge in [0.2, 0.25) is 11.8 Å². The van der Waals surface area contributed by atoms with E-state index in [1.807, 2.05) is 12.1 Å². The molecule has 1 aromatic rings. The van der Waals surface area contributed by atoms with Crippen LogP contribution in [0.1, 0.15) is 11.6 Å². The van der Waals surface area contributed by atoms with Gasteiger partial charge in [-0.1, -0.05) is 12.1 Å². The van der Waals surface area contributed by atoms with Crippen LogP contribution in [0.2, 0.25) is 0 Å². The van der Waals surface area contributed by atoms with Crippen molar-refractivity contribution in [3.8, 4) is 5.75 Å². The molecule has 122 valence electrons. The standard InChI is InChI=1S/C16H18N2O5/c1-18-14(19)10-11(15(18)20)13(16(21)23-3)17-12(10)8-4-6-9(22-2)7-5-8/h4-7,10-13,17H,1-3H3/t10-,11+,12?,13?/m1/s1. The Morgan fingerprint density at radius 1 is 1.09 bits per heavy atom. The van der Waals surface area contributed by atoms with E-state index in [2.05, 4.69) is 5.32 Å². The Labute approximate surface area is 133 Å². The lowest BCUT2D eigenvalue weighted by molar-refractivity contribution is -0.147. The molecule has 7 nitrogen and oxygen atoms in total. The molecule has 2 heterocycles. The normalized spacial score (nSPS) is 29.6. The number of nitrogens with zero attached hydrogens (tertiary/aromatic N) is 1. The van der Waals surface area contributed by atoms with Crippen molar-refractivity contribution in [1.29, 1.82) is 0 Å². The van der Waals surface area contributed by atoms with E-state index in [-0.39, 0.29) is 11.8 Å². The van der Waals surface area contributed by atoms with E-state index in [0.717, 1.165) is 10.5 Å². The molecular formula is C16H18N2O5. The number of ether oxygens (including phenoxy) is 2. The van der Waals surface area contributed by atoms with Crippen molar-refractivity contribution in [2.75, 3.05) is 21.3 Å². The van der Waals surface area contributed by atoms with E-state index in [1.54, 1.807) is 19.2 Å². The highest BCUT2D eigenvalue weighted by Crippen LogP contribution is 2.43. The van der Waals surface area contributed by atoms with Gasteiger partial charge in [0.1, 0.15) is 11.8 Å². The van der Waals surface area contributed by atoms with Crippen molar-refractivity contribution in [2.45, 2.75) is 12.1 Å². The van der Waals surface area contributed by atoms with Gasteiger partial charge in [0.05, 0.1) is 26.1 Å². The first-order chi connectivity index (χ1) is 11.0. The number of imide groups is 1. The zero-order valence-corrected chi connectivity index (χ0v) is 13.1. The van der Waals surface area contributed by atoms with Gasteiger partial charge in [0.25, 0.3) is 0 Å². The van der Waals surface area contributed by atoms with E-state index in [1.165, 1.54) is 14.2 Å². The summed E-state index contributed by atoms with van der Waals surface area (Å²) in [6, 6.07) is 5.97. The predicted octanol–water partition coefficient (Wildman–Crippen LogP) is 0.112. The molecular weight excluding hydrogens is 300 g/mol. The summed E-state index contributed by atoms with van der Waals surface area (Å²) in [5.74, 6) is -1.80. The number of fused-ring (bicyclic) bond motifs is 1. The SMILES string of the molecule is COC(=O)C1NC(c2ccc(OC)cc2)[C@@H]2C(=O)N(C)C(=O)[C@H]12. The van der Waals surface area contributed by atoms with Gasteiger partial charge in [0.15, 0.2) is 0 Å². The highest BCUT2D eigenvalue weighted by molar-refractivity contribution is 6.08. The number of hydrogen-bond donors (Lipinski definition) is 1. The Bertz CT molecular complexity index is 657. The summed E-state index contributed by atoms with van der Waals surface area (Å²) in [5.41, 5.74) is 0.823. The number of benzene rings is 1.